The Balaban J connectivity index is 2.15. The van der Waals surface area contributed by atoms with E-state index < -0.39 is 0 Å². The minimum absolute atomic E-state index is 0.158. The average molecular weight is 305 g/mol. The predicted molar refractivity (Wildman–Crippen MR) is 80.7 cm³/mol. The van der Waals surface area contributed by atoms with E-state index in [1.54, 1.807) is 41.2 Å². The molecule has 5 heteroatoms. The molecule has 0 aliphatic rings. The Labute approximate surface area is 126 Å². The Kier molecular flexibility index (Phi) is 3.38. The second-order valence-electron chi connectivity index (χ2n) is 4.27. The van der Waals surface area contributed by atoms with E-state index in [4.69, 9.17) is 23.2 Å². The largest absolute Gasteiger partial charge is 0.507 e. The van der Waals surface area contributed by atoms with Crippen molar-refractivity contribution in [1.82, 2.24) is 9.78 Å². The van der Waals surface area contributed by atoms with Crippen LogP contribution in [0, 0.1) is 0 Å². The molecule has 0 bridgehead atoms. The van der Waals surface area contributed by atoms with Gasteiger partial charge in [0.25, 0.3) is 0 Å². The number of benzene rings is 2. The van der Waals surface area contributed by atoms with E-state index in [1.165, 1.54) is 0 Å². The number of aromatic hydroxyl groups is 1. The molecule has 0 radical (unpaired) electrons. The third-order valence-electron chi connectivity index (χ3n) is 2.95. The summed E-state index contributed by atoms with van der Waals surface area (Å²) in [6.07, 6.45) is 1.67. The fraction of sp³-hybridized carbons (Fsp3) is 0. The van der Waals surface area contributed by atoms with Crippen LogP contribution in [-0.2, 0) is 0 Å². The van der Waals surface area contributed by atoms with E-state index in [9.17, 15) is 5.11 Å². The summed E-state index contributed by atoms with van der Waals surface area (Å²) in [7, 11) is 0. The summed E-state index contributed by atoms with van der Waals surface area (Å²) in [6.45, 7) is 0. The summed E-state index contributed by atoms with van der Waals surface area (Å²) in [4.78, 5) is 0. The standard InChI is InChI=1S/C15H10Cl2N2O/c16-10-1-4-12(5-2-10)19-14(7-8-18-19)13-9-11(17)3-6-15(13)20/h1-9,20H. The number of phenolic OH excluding ortho intramolecular Hbond substituents is 1. The Hall–Kier alpha value is -1.97. The maximum Gasteiger partial charge on any atom is 0.125 e. The number of aromatic nitrogens is 2. The SMILES string of the molecule is Oc1ccc(Cl)cc1-c1ccnn1-c1ccc(Cl)cc1. The van der Waals surface area contributed by atoms with Crippen LogP contribution in [0.25, 0.3) is 16.9 Å². The first kappa shape index (κ1) is 13.0. The van der Waals surface area contributed by atoms with Crippen molar-refractivity contribution < 1.29 is 5.11 Å². The lowest BCUT2D eigenvalue weighted by molar-refractivity contribution is 0.477. The van der Waals surface area contributed by atoms with Gasteiger partial charge in [-0.2, -0.15) is 5.10 Å². The van der Waals surface area contributed by atoms with Crippen molar-refractivity contribution >= 4 is 23.2 Å². The molecule has 0 saturated carbocycles. The molecular weight excluding hydrogens is 295 g/mol. The number of nitrogens with zero attached hydrogens (tertiary/aromatic N) is 2. The molecule has 0 amide bonds. The van der Waals surface area contributed by atoms with Gasteiger partial charge in [0, 0.05) is 15.6 Å². The third-order valence-corrected chi connectivity index (χ3v) is 3.44. The second-order valence-corrected chi connectivity index (χ2v) is 5.14. The van der Waals surface area contributed by atoms with Crippen molar-refractivity contribution in [3.05, 3.63) is 64.8 Å². The molecule has 100 valence electrons. The van der Waals surface area contributed by atoms with Gasteiger partial charge < -0.3 is 5.11 Å². The van der Waals surface area contributed by atoms with Crippen LogP contribution in [0.2, 0.25) is 10.0 Å². The molecule has 0 aliphatic heterocycles. The Morgan fingerprint density at radius 3 is 2.35 bits per heavy atom. The lowest BCUT2D eigenvalue weighted by Gasteiger charge is -2.09. The lowest BCUT2D eigenvalue weighted by atomic mass is 10.1. The van der Waals surface area contributed by atoms with Gasteiger partial charge in [-0.05, 0) is 48.5 Å². The van der Waals surface area contributed by atoms with E-state index in [2.05, 4.69) is 5.10 Å². The molecule has 0 spiro atoms. The maximum atomic E-state index is 10.0. The average Bonchev–Trinajstić information content (AvgIpc) is 2.91. The topological polar surface area (TPSA) is 38.1 Å². The fourth-order valence-electron chi connectivity index (χ4n) is 2.01. The molecule has 1 heterocycles. The first-order chi connectivity index (χ1) is 9.65. The van der Waals surface area contributed by atoms with Crippen LogP contribution in [0.15, 0.2) is 54.7 Å². The summed E-state index contributed by atoms with van der Waals surface area (Å²) in [6, 6.07) is 14.0. The van der Waals surface area contributed by atoms with Crippen LogP contribution in [0.5, 0.6) is 5.75 Å². The zero-order chi connectivity index (χ0) is 14.1. The molecular formula is C15H10Cl2N2O. The van der Waals surface area contributed by atoms with Crippen molar-refractivity contribution in [2.24, 2.45) is 0 Å². The van der Waals surface area contributed by atoms with Crippen molar-refractivity contribution in [1.29, 1.82) is 0 Å². The van der Waals surface area contributed by atoms with Crippen LogP contribution in [-0.4, -0.2) is 14.9 Å². The van der Waals surface area contributed by atoms with Crippen LogP contribution < -0.4 is 0 Å². The van der Waals surface area contributed by atoms with Gasteiger partial charge in [0.1, 0.15) is 5.75 Å². The van der Waals surface area contributed by atoms with Crippen LogP contribution in [0.4, 0.5) is 0 Å². The highest BCUT2D eigenvalue weighted by molar-refractivity contribution is 6.31. The highest BCUT2D eigenvalue weighted by atomic mass is 35.5. The lowest BCUT2D eigenvalue weighted by Crippen LogP contribution is -1.98. The first-order valence-electron chi connectivity index (χ1n) is 5.94. The fourth-order valence-corrected chi connectivity index (χ4v) is 2.31. The number of phenols is 1. The number of hydrogen-bond acceptors (Lipinski definition) is 2. The van der Waals surface area contributed by atoms with E-state index in [-0.39, 0.29) is 5.75 Å². The molecule has 1 aromatic heterocycles. The molecule has 0 aliphatic carbocycles. The highest BCUT2D eigenvalue weighted by Gasteiger charge is 2.11. The number of halogens is 2. The van der Waals surface area contributed by atoms with Gasteiger partial charge in [0.15, 0.2) is 0 Å². The van der Waals surface area contributed by atoms with Gasteiger partial charge in [-0.15, -0.1) is 0 Å². The van der Waals surface area contributed by atoms with E-state index in [0.717, 1.165) is 11.4 Å². The van der Waals surface area contributed by atoms with Crippen LogP contribution >= 0.6 is 23.2 Å². The predicted octanol–water partition coefficient (Wildman–Crippen LogP) is 4.55. The summed E-state index contributed by atoms with van der Waals surface area (Å²) in [5.41, 5.74) is 2.24. The van der Waals surface area contributed by atoms with Gasteiger partial charge in [-0.1, -0.05) is 23.2 Å². The zero-order valence-electron chi connectivity index (χ0n) is 10.3. The summed E-state index contributed by atoms with van der Waals surface area (Å²) >= 11 is 11.9. The normalized spacial score (nSPS) is 10.7. The van der Waals surface area contributed by atoms with Gasteiger partial charge >= 0.3 is 0 Å². The first-order valence-corrected chi connectivity index (χ1v) is 6.69. The van der Waals surface area contributed by atoms with E-state index in [0.29, 0.717) is 15.6 Å². The number of hydrogen-bond donors (Lipinski definition) is 1. The quantitative estimate of drug-likeness (QED) is 0.754. The molecule has 1 N–H and O–H groups in total. The maximum absolute atomic E-state index is 10.0. The molecule has 2 aromatic carbocycles. The minimum Gasteiger partial charge on any atom is -0.507 e. The van der Waals surface area contributed by atoms with E-state index >= 15 is 0 Å². The van der Waals surface area contributed by atoms with Gasteiger partial charge in [0.05, 0.1) is 17.6 Å². The molecule has 3 aromatic rings. The van der Waals surface area contributed by atoms with Crippen LogP contribution in [0.1, 0.15) is 0 Å². The van der Waals surface area contributed by atoms with Gasteiger partial charge in [-0.3, -0.25) is 0 Å². The van der Waals surface area contributed by atoms with Crippen molar-refractivity contribution in [3.8, 4) is 22.7 Å². The van der Waals surface area contributed by atoms with Crippen LogP contribution in [0.3, 0.4) is 0 Å². The molecule has 0 saturated heterocycles. The minimum atomic E-state index is 0.158. The third kappa shape index (κ3) is 2.38. The molecule has 3 rings (SSSR count). The van der Waals surface area contributed by atoms with Gasteiger partial charge in [0.2, 0.25) is 0 Å². The number of rotatable bonds is 2. The van der Waals surface area contributed by atoms with Crippen molar-refractivity contribution in [2.45, 2.75) is 0 Å². The Morgan fingerprint density at radius 1 is 0.900 bits per heavy atom. The summed E-state index contributed by atoms with van der Waals surface area (Å²) in [5, 5.41) is 15.5. The molecule has 0 unspecified atom stereocenters. The van der Waals surface area contributed by atoms with E-state index in [1.807, 2.05) is 18.2 Å². The molecule has 0 fully saturated rings. The molecule has 0 atom stereocenters. The molecule has 3 nitrogen and oxygen atoms in total. The Bertz CT molecular complexity index is 751. The zero-order valence-corrected chi connectivity index (χ0v) is 11.8. The highest BCUT2D eigenvalue weighted by Crippen LogP contribution is 2.32. The Morgan fingerprint density at radius 2 is 1.60 bits per heavy atom. The smallest absolute Gasteiger partial charge is 0.125 e. The van der Waals surface area contributed by atoms with Gasteiger partial charge in [-0.25, -0.2) is 4.68 Å². The monoisotopic (exact) mass is 304 g/mol. The molecule has 20 heavy (non-hydrogen) atoms. The van der Waals surface area contributed by atoms with Crippen molar-refractivity contribution in [2.75, 3.05) is 0 Å². The summed E-state index contributed by atoms with van der Waals surface area (Å²) in [5.74, 6) is 0.158. The second kappa shape index (κ2) is 5.19. The van der Waals surface area contributed by atoms with Crippen molar-refractivity contribution in [3.63, 3.8) is 0 Å². The summed E-state index contributed by atoms with van der Waals surface area (Å²) < 4.78 is 1.72.